The zero-order valence-electron chi connectivity index (χ0n) is 12.7. The summed E-state index contributed by atoms with van der Waals surface area (Å²) in [6, 6.07) is 0. The van der Waals surface area contributed by atoms with Gasteiger partial charge in [-0.15, -0.1) is 11.3 Å². The molecule has 0 amide bonds. The van der Waals surface area contributed by atoms with Crippen LogP contribution in [0.1, 0.15) is 49.7 Å². The predicted molar refractivity (Wildman–Crippen MR) is 83.8 cm³/mol. The van der Waals surface area contributed by atoms with E-state index in [2.05, 4.69) is 16.7 Å². The van der Waals surface area contributed by atoms with Gasteiger partial charge in [-0.2, -0.15) is 0 Å². The van der Waals surface area contributed by atoms with Gasteiger partial charge in [-0.25, -0.2) is 4.98 Å². The minimum absolute atomic E-state index is 0.125. The number of thiazole rings is 1. The Hall–Kier alpha value is -1.36. The Bertz CT molecular complexity index is 644. The second-order valence-corrected chi connectivity index (χ2v) is 6.63. The number of aromatic nitrogens is 2. The number of ether oxygens (including phenoxy) is 1. The lowest BCUT2D eigenvalue weighted by Gasteiger charge is -2.20. The van der Waals surface area contributed by atoms with Crippen molar-refractivity contribution in [2.24, 2.45) is 5.92 Å². The highest BCUT2D eigenvalue weighted by molar-refractivity contribution is 7.15. The molecule has 114 valence electrons. The first kappa shape index (κ1) is 14.6. The van der Waals surface area contributed by atoms with Gasteiger partial charge in [-0.05, 0) is 38.0 Å². The van der Waals surface area contributed by atoms with Crippen molar-refractivity contribution in [2.75, 3.05) is 7.11 Å². The molecule has 1 unspecified atom stereocenters. The van der Waals surface area contributed by atoms with Crippen LogP contribution in [-0.4, -0.2) is 22.5 Å². The van der Waals surface area contributed by atoms with Gasteiger partial charge in [0.2, 0.25) is 0 Å². The maximum atomic E-state index is 11.2. The van der Waals surface area contributed by atoms with Gasteiger partial charge in [0.05, 0.1) is 12.8 Å². The highest BCUT2D eigenvalue weighted by atomic mass is 32.1. The highest BCUT2D eigenvalue weighted by Gasteiger charge is 2.24. The van der Waals surface area contributed by atoms with Gasteiger partial charge in [-0.3, -0.25) is 9.20 Å². The van der Waals surface area contributed by atoms with E-state index in [4.69, 9.17) is 9.72 Å². The third-order valence-electron chi connectivity index (χ3n) is 4.50. The summed E-state index contributed by atoms with van der Waals surface area (Å²) in [4.78, 5) is 17.1. The molecule has 1 atom stereocenters. The molecule has 1 aliphatic carbocycles. The van der Waals surface area contributed by atoms with Crippen LogP contribution in [0.15, 0.2) is 5.38 Å². The van der Waals surface area contributed by atoms with Gasteiger partial charge >= 0.3 is 5.97 Å². The Morgan fingerprint density at radius 2 is 2.43 bits per heavy atom. The molecular formula is C16H22N2O2S. The van der Waals surface area contributed by atoms with Gasteiger partial charge in [0.25, 0.3) is 0 Å². The van der Waals surface area contributed by atoms with E-state index >= 15 is 0 Å². The largest absolute Gasteiger partial charge is 0.469 e. The molecule has 2 heterocycles. The number of carbonyl (C=O) groups is 1. The Morgan fingerprint density at radius 1 is 1.57 bits per heavy atom. The van der Waals surface area contributed by atoms with E-state index in [1.54, 1.807) is 11.3 Å². The summed E-state index contributed by atoms with van der Waals surface area (Å²) >= 11 is 1.72. The number of carbonyl (C=O) groups excluding carboxylic acids is 1. The quantitative estimate of drug-likeness (QED) is 0.795. The lowest BCUT2D eigenvalue weighted by molar-refractivity contribution is -0.140. The van der Waals surface area contributed by atoms with E-state index in [1.165, 1.54) is 37.0 Å². The first-order chi connectivity index (χ1) is 10.2. The summed E-state index contributed by atoms with van der Waals surface area (Å²) in [6.07, 6.45) is 7.01. The van der Waals surface area contributed by atoms with Crippen LogP contribution in [-0.2, 0) is 28.8 Å². The molecule has 21 heavy (non-hydrogen) atoms. The second-order valence-electron chi connectivity index (χ2n) is 5.80. The van der Waals surface area contributed by atoms with E-state index < -0.39 is 0 Å². The molecule has 5 heteroatoms. The van der Waals surface area contributed by atoms with Crippen LogP contribution in [0, 0.1) is 5.92 Å². The number of imidazole rings is 1. The zero-order chi connectivity index (χ0) is 14.8. The fourth-order valence-electron chi connectivity index (χ4n) is 3.18. The summed E-state index contributed by atoms with van der Waals surface area (Å²) in [5.74, 6) is 0.667. The van der Waals surface area contributed by atoms with Crippen LogP contribution in [0.3, 0.4) is 0 Å². The molecule has 0 saturated heterocycles. The highest BCUT2D eigenvalue weighted by Crippen LogP contribution is 2.31. The van der Waals surface area contributed by atoms with E-state index in [0.29, 0.717) is 6.42 Å². The lowest BCUT2D eigenvalue weighted by Crippen LogP contribution is -2.15. The predicted octanol–water partition coefficient (Wildman–Crippen LogP) is 3.41. The van der Waals surface area contributed by atoms with Crippen molar-refractivity contribution in [3.8, 4) is 0 Å². The van der Waals surface area contributed by atoms with Crippen molar-refractivity contribution >= 4 is 22.3 Å². The number of fused-ring (bicyclic) bond motifs is 3. The summed E-state index contributed by atoms with van der Waals surface area (Å²) in [7, 11) is 1.45. The van der Waals surface area contributed by atoms with Crippen LogP contribution < -0.4 is 0 Å². The molecule has 2 aromatic rings. The Kier molecular flexibility index (Phi) is 4.29. The van der Waals surface area contributed by atoms with Gasteiger partial charge in [-0.1, -0.05) is 13.3 Å². The SMILES string of the molecule is CCC1CCc2nc3scc(CCCC(=O)OC)n3c2C1. The van der Waals surface area contributed by atoms with Crippen molar-refractivity contribution < 1.29 is 9.53 Å². The average Bonchev–Trinajstić information content (AvgIpc) is 3.06. The van der Waals surface area contributed by atoms with Gasteiger partial charge in [0.1, 0.15) is 0 Å². The second kappa shape index (κ2) is 6.18. The summed E-state index contributed by atoms with van der Waals surface area (Å²) < 4.78 is 7.05. The maximum Gasteiger partial charge on any atom is 0.305 e. The molecule has 4 nitrogen and oxygen atoms in total. The number of hydrogen-bond acceptors (Lipinski definition) is 4. The third-order valence-corrected chi connectivity index (χ3v) is 5.38. The third kappa shape index (κ3) is 2.84. The Labute approximate surface area is 129 Å². The molecule has 0 saturated carbocycles. The number of nitrogens with zero attached hydrogens (tertiary/aromatic N) is 2. The molecule has 0 aromatic carbocycles. The molecule has 0 spiro atoms. The van der Waals surface area contributed by atoms with E-state index in [1.807, 2.05) is 0 Å². The van der Waals surface area contributed by atoms with E-state index in [9.17, 15) is 4.79 Å². The number of aryl methyl sites for hydroxylation is 2. The Balaban J connectivity index is 1.80. The molecule has 0 fully saturated rings. The van der Waals surface area contributed by atoms with Crippen LogP contribution in [0.2, 0.25) is 0 Å². The van der Waals surface area contributed by atoms with Crippen molar-refractivity contribution in [3.05, 3.63) is 22.5 Å². The van der Waals surface area contributed by atoms with Crippen LogP contribution in [0.5, 0.6) is 0 Å². The lowest BCUT2D eigenvalue weighted by atomic mass is 9.88. The van der Waals surface area contributed by atoms with Crippen molar-refractivity contribution in [1.82, 2.24) is 9.38 Å². The van der Waals surface area contributed by atoms with Crippen LogP contribution in [0.4, 0.5) is 0 Å². The normalized spacial score (nSPS) is 17.9. The molecule has 0 bridgehead atoms. The average molecular weight is 306 g/mol. The minimum atomic E-state index is -0.125. The van der Waals surface area contributed by atoms with Crippen LogP contribution >= 0.6 is 11.3 Å². The standard InChI is InChI=1S/C16H22N2O2S/c1-3-11-7-8-13-14(9-11)18-12(10-21-16(18)17-13)5-4-6-15(19)20-2/h10-11H,3-9H2,1-2H3. The van der Waals surface area contributed by atoms with Crippen molar-refractivity contribution in [2.45, 2.75) is 51.9 Å². The van der Waals surface area contributed by atoms with E-state index in [-0.39, 0.29) is 5.97 Å². The van der Waals surface area contributed by atoms with Crippen molar-refractivity contribution in [3.63, 3.8) is 0 Å². The summed E-state index contributed by atoms with van der Waals surface area (Å²) in [5, 5.41) is 2.19. The number of esters is 1. The maximum absolute atomic E-state index is 11.2. The summed E-state index contributed by atoms with van der Waals surface area (Å²) in [6.45, 7) is 2.28. The first-order valence-corrected chi connectivity index (χ1v) is 8.64. The number of hydrogen-bond donors (Lipinski definition) is 0. The number of methoxy groups -OCH3 is 1. The van der Waals surface area contributed by atoms with Gasteiger partial charge in [0, 0.05) is 23.2 Å². The molecule has 1 aliphatic rings. The Morgan fingerprint density at radius 3 is 3.19 bits per heavy atom. The molecule has 2 aromatic heterocycles. The fourth-order valence-corrected chi connectivity index (χ4v) is 4.14. The van der Waals surface area contributed by atoms with Crippen LogP contribution in [0.25, 0.3) is 4.96 Å². The molecule has 0 aliphatic heterocycles. The number of rotatable bonds is 5. The minimum Gasteiger partial charge on any atom is -0.469 e. The van der Waals surface area contributed by atoms with Gasteiger partial charge in [0.15, 0.2) is 4.96 Å². The monoisotopic (exact) mass is 306 g/mol. The molecular weight excluding hydrogens is 284 g/mol. The van der Waals surface area contributed by atoms with Crippen molar-refractivity contribution in [1.29, 1.82) is 0 Å². The van der Waals surface area contributed by atoms with Gasteiger partial charge < -0.3 is 4.74 Å². The zero-order valence-corrected chi connectivity index (χ0v) is 13.5. The first-order valence-electron chi connectivity index (χ1n) is 7.76. The fraction of sp³-hybridized carbons (Fsp3) is 0.625. The topological polar surface area (TPSA) is 43.6 Å². The summed E-state index contributed by atoms with van der Waals surface area (Å²) in [5.41, 5.74) is 4.00. The van der Waals surface area contributed by atoms with E-state index in [0.717, 1.165) is 36.6 Å². The molecule has 3 rings (SSSR count). The smallest absolute Gasteiger partial charge is 0.305 e. The molecule has 0 N–H and O–H groups in total. The molecule has 0 radical (unpaired) electrons.